The smallest absolute Gasteiger partial charge is 0.407 e. The van der Waals surface area contributed by atoms with E-state index in [9.17, 15) is 14.7 Å². The monoisotopic (exact) mass is 509 g/mol. The zero-order chi connectivity index (χ0) is 25.4. The van der Waals surface area contributed by atoms with Crippen LogP contribution in [0, 0.1) is 23.7 Å². The predicted octanol–water partition coefficient (Wildman–Crippen LogP) is 4.78. The van der Waals surface area contributed by atoms with Crippen molar-refractivity contribution in [2.24, 2.45) is 23.7 Å². The number of halogens is 1. The number of piperidine rings is 2. The van der Waals surface area contributed by atoms with Gasteiger partial charge in [-0.1, -0.05) is 37.6 Å². The molecule has 2 saturated heterocycles. The number of carboxylic acid groups (broad SMARTS) is 1. The molecule has 1 unspecified atom stereocenters. The summed E-state index contributed by atoms with van der Waals surface area (Å²) >= 11 is 6.35. The highest BCUT2D eigenvalue weighted by atomic mass is 35.5. The van der Waals surface area contributed by atoms with Crippen LogP contribution in [0.5, 0.6) is 0 Å². The summed E-state index contributed by atoms with van der Waals surface area (Å²) in [6.07, 6.45) is 2.04. The molecule has 2 heterocycles. The fraction of sp³-hybridized carbons (Fsp3) is 0.692. The summed E-state index contributed by atoms with van der Waals surface area (Å²) in [6, 6.07) is 7.45. The van der Waals surface area contributed by atoms with Crippen LogP contribution in [0.1, 0.15) is 51.2 Å². The van der Waals surface area contributed by atoms with E-state index in [4.69, 9.17) is 16.3 Å². The quantitative estimate of drug-likeness (QED) is 0.414. The zero-order valence-corrected chi connectivity index (χ0v) is 21.8. The van der Waals surface area contributed by atoms with Gasteiger partial charge in [0.1, 0.15) is 0 Å². The van der Waals surface area contributed by atoms with Crippen LogP contribution in [0.4, 0.5) is 9.59 Å². The lowest BCUT2D eigenvalue weighted by molar-refractivity contribution is -0.0630. The normalized spacial score (nSPS) is 25.8. The molecule has 0 radical (unpaired) electrons. The maximum atomic E-state index is 12.4. The molecule has 2 aliphatic heterocycles. The maximum Gasteiger partial charge on any atom is 0.407 e. The molecular weight excluding hydrogens is 470 g/mol. The van der Waals surface area contributed by atoms with Crippen molar-refractivity contribution in [2.75, 3.05) is 39.9 Å². The summed E-state index contributed by atoms with van der Waals surface area (Å²) in [6.45, 7) is 7.34. The zero-order valence-electron chi connectivity index (χ0n) is 21.0. The molecule has 2 fully saturated rings. The molecule has 8 nitrogen and oxygen atoms in total. The second-order valence-corrected chi connectivity index (χ2v) is 10.5. The molecule has 3 N–H and O–H groups in total. The summed E-state index contributed by atoms with van der Waals surface area (Å²) in [5.41, 5.74) is 0.932. The van der Waals surface area contributed by atoms with Crippen LogP contribution in [-0.2, 0) is 9.47 Å². The number of amides is 2. The van der Waals surface area contributed by atoms with E-state index < -0.39 is 12.2 Å². The lowest BCUT2D eigenvalue weighted by Gasteiger charge is -2.50. The Morgan fingerprint density at radius 2 is 2.11 bits per heavy atom. The molecule has 1 aromatic rings. The van der Waals surface area contributed by atoms with Crippen molar-refractivity contribution >= 4 is 23.8 Å². The lowest BCUT2D eigenvalue weighted by Crippen LogP contribution is -2.58. The lowest BCUT2D eigenvalue weighted by atomic mass is 9.69. The van der Waals surface area contributed by atoms with Gasteiger partial charge in [-0.15, -0.1) is 0 Å². The van der Waals surface area contributed by atoms with E-state index >= 15 is 0 Å². The molecule has 1 aromatic carbocycles. The highest BCUT2D eigenvalue weighted by molar-refractivity contribution is 6.30. The van der Waals surface area contributed by atoms with Gasteiger partial charge in [0.2, 0.25) is 0 Å². The highest BCUT2D eigenvalue weighted by Crippen LogP contribution is 2.44. The molecule has 2 amide bonds. The van der Waals surface area contributed by atoms with E-state index in [1.165, 1.54) is 7.11 Å². The Bertz CT molecular complexity index is 839. The summed E-state index contributed by atoms with van der Waals surface area (Å²) in [7, 11) is 1.32. The topological polar surface area (TPSA) is 100 Å². The standard InChI is InChI=1S/C26H40ClN3O5/c1-17(2)14-18-9-10-28-16-22(18)23-21(8-5-12-30(23)26(32)33)24(19-6-4-7-20(27)15-19)35-13-11-29-25(31)34-3/h4,6-7,15,17-18,21-24,28H,5,8-14,16H2,1-3H3,(H,29,31)(H,32,33)/t18-,21?,22+,23-,24-/m0/s1. The maximum absolute atomic E-state index is 12.4. The minimum Gasteiger partial charge on any atom is -0.465 e. The van der Waals surface area contributed by atoms with Crippen LogP contribution in [0.15, 0.2) is 24.3 Å². The van der Waals surface area contributed by atoms with Gasteiger partial charge in [-0.25, -0.2) is 9.59 Å². The van der Waals surface area contributed by atoms with Crippen LogP contribution in [-0.4, -0.2) is 68.1 Å². The van der Waals surface area contributed by atoms with Gasteiger partial charge in [0.15, 0.2) is 0 Å². The number of ether oxygens (including phenoxy) is 2. The van der Waals surface area contributed by atoms with Crippen LogP contribution >= 0.6 is 11.6 Å². The van der Waals surface area contributed by atoms with Gasteiger partial charge >= 0.3 is 12.2 Å². The number of nitrogens with zero attached hydrogens (tertiary/aromatic N) is 1. The molecular formula is C26H40ClN3O5. The number of hydrogen-bond donors (Lipinski definition) is 3. The first-order valence-corrected chi connectivity index (χ1v) is 13.1. The third kappa shape index (κ3) is 7.48. The average Bonchev–Trinajstić information content (AvgIpc) is 2.83. The number of rotatable bonds is 9. The van der Waals surface area contributed by atoms with E-state index in [2.05, 4.69) is 29.2 Å². The molecule has 2 aliphatic rings. The summed E-state index contributed by atoms with van der Waals surface area (Å²) < 4.78 is 11.1. The molecule has 0 aliphatic carbocycles. The van der Waals surface area contributed by atoms with Gasteiger partial charge < -0.3 is 30.1 Å². The molecule has 9 heteroatoms. The first kappa shape index (κ1) is 27.6. The van der Waals surface area contributed by atoms with E-state index in [1.54, 1.807) is 4.90 Å². The molecule has 0 spiro atoms. The number of carbonyl (C=O) groups excluding carboxylic acids is 1. The fourth-order valence-corrected chi connectivity index (χ4v) is 6.15. The van der Waals surface area contributed by atoms with E-state index in [0.29, 0.717) is 29.9 Å². The van der Waals surface area contributed by atoms with Crippen LogP contribution < -0.4 is 10.6 Å². The fourth-order valence-electron chi connectivity index (χ4n) is 5.95. The number of nitrogens with one attached hydrogen (secondary N) is 2. The SMILES string of the molecule is COC(=O)NCCO[C@@H](c1cccc(Cl)c1)C1CCCN(C(=O)O)[C@@H]1[C@@H]1CNCC[C@H]1CC(C)C. The van der Waals surface area contributed by atoms with Gasteiger partial charge in [0, 0.05) is 36.6 Å². The largest absolute Gasteiger partial charge is 0.465 e. The van der Waals surface area contributed by atoms with Crippen LogP contribution in [0.3, 0.4) is 0 Å². The molecule has 196 valence electrons. The average molecular weight is 510 g/mol. The first-order valence-electron chi connectivity index (χ1n) is 12.7. The molecule has 3 rings (SSSR count). The number of carbonyl (C=O) groups is 2. The minimum atomic E-state index is -0.870. The summed E-state index contributed by atoms with van der Waals surface area (Å²) in [4.78, 5) is 25.6. The Hall–Kier alpha value is -2.03. The van der Waals surface area contributed by atoms with Crippen molar-refractivity contribution in [3.63, 3.8) is 0 Å². The second kappa shape index (κ2) is 13.3. The van der Waals surface area contributed by atoms with Crippen molar-refractivity contribution in [1.29, 1.82) is 0 Å². The molecule has 0 bridgehead atoms. The summed E-state index contributed by atoms with van der Waals surface area (Å²) in [5.74, 6) is 1.16. The van der Waals surface area contributed by atoms with E-state index in [-0.39, 0.29) is 30.6 Å². The van der Waals surface area contributed by atoms with Gasteiger partial charge in [-0.3, -0.25) is 0 Å². The summed E-state index contributed by atoms with van der Waals surface area (Å²) in [5, 5.41) is 17.0. The minimum absolute atomic E-state index is 0.0315. The Morgan fingerprint density at radius 3 is 2.80 bits per heavy atom. The molecule has 0 aromatic heterocycles. The van der Waals surface area contributed by atoms with Crippen LogP contribution in [0.2, 0.25) is 5.02 Å². The third-order valence-electron chi connectivity index (χ3n) is 7.29. The molecule has 0 saturated carbocycles. The Labute approximate surface area is 213 Å². The number of hydrogen-bond acceptors (Lipinski definition) is 5. The second-order valence-electron chi connectivity index (χ2n) is 10.1. The van der Waals surface area contributed by atoms with Crippen molar-refractivity contribution < 1.29 is 24.2 Å². The van der Waals surface area contributed by atoms with Crippen molar-refractivity contribution in [3.05, 3.63) is 34.9 Å². The first-order chi connectivity index (χ1) is 16.8. The van der Waals surface area contributed by atoms with Gasteiger partial charge in [0.05, 0.1) is 19.8 Å². The van der Waals surface area contributed by atoms with E-state index in [0.717, 1.165) is 44.3 Å². The third-order valence-corrected chi connectivity index (χ3v) is 7.53. The number of alkyl carbamates (subject to hydrolysis) is 1. The highest BCUT2D eigenvalue weighted by Gasteiger charge is 2.46. The Kier molecular flexibility index (Phi) is 10.5. The Morgan fingerprint density at radius 1 is 1.31 bits per heavy atom. The predicted molar refractivity (Wildman–Crippen MR) is 136 cm³/mol. The van der Waals surface area contributed by atoms with E-state index in [1.807, 2.05) is 24.3 Å². The molecule has 5 atom stereocenters. The number of benzene rings is 1. The van der Waals surface area contributed by atoms with Crippen molar-refractivity contribution in [1.82, 2.24) is 15.5 Å². The van der Waals surface area contributed by atoms with Crippen molar-refractivity contribution in [3.8, 4) is 0 Å². The van der Waals surface area contributed by atoms with Gasteiger partial charge in [0.25, 0.3) is 0 Å². The Balaban J connectivity index is 1.93. The van der Waals surface area contributed by atoms with Gasteiger partial charge in [-0.05, 0) is 67.7 Å². The number of likely N-dealkylation sites (tertiary alicyclic amines) is 1. The van der Waals surface area contributed by atoms with Crippen LogP contribution in [0.25, 0.3) is 0 Å². The van der Waals surface area contributed by atoms with Gasteiger partial charge in [-0.2, -0.15) is 0 Å². The van der Waals surface area contributed by atoms with Crippen molar-refractivity contribution in [2.45, 2.75) is 51.7 Å². The molecule has 35 heavy (non-hydrogen) atoms. The number of methoxy groups -OCH3 is 1.